The van der Waals surface area contributed by atoms with Gasteiger partial charge in [-0.05, 0) is 6.92 Å². The smallest absolute Gasteiger partial charge is 0.325 e. The molecule has 2 rings (SSSR count). The third-order valence-corrected chi connectivity index (χ3v) is 5.03. The number of esters is 1. The van der Waals surface area contributed by atoms with Crippen molar-refractivity contribution in [1.82, 2.24) is 4.90 Å². The number of thioether (sulfide) groups is 1. The molecule has 2 heterocycles. The lowest BCUT2D eigenvalue weighted by Crippen LogP contribution is -2.60. The van der Waals surface area contributed by atoms with Crippen LogP contribution >= 0.6 is 11.8 Å². The topological polar surface area (TPSA) is 104 Å². The van der Waals surface area contributed by atoms with E-state index >= 15 is 0 Å². The van der Waals surface area contributed by atoms with Gasteiger partial charge in [0.1, 0.15) is 6.61 Å². The average molecular weight is 289 g/mol. The maximum Gasteiger partial charge on any atom is 0.325 e. The Morgan fingerprint density at radius 3 is 2.74 bits per heavy atom. The van der Waals surface area contributed by atoms with Crippen LogP contribution in [-0.4, -0.2) is 62.3 Å². The number of carboxylic acid groups (broad SMARTS) is 1. The first-order chi connectivity index (χ1) is 8.78. The Labute approximate surface area is 113 Å². The van der Waals surface area contributed by atoms with Crippen molar-refractivity contribution >= 4 is 29.6 Å². The number of aliphatic carboxylic acids is 1. The highest BCUT2D eigenvalue weighted by Crippen LogP contribution is 2.50. The van der Waals surface area contributed by atoms with Crippen LogP contribution in [-0.2, 0) is 19.1 Å². The second-order valence-electron chi connectivity index (χ2n) is 4.82. The van der Waals surface area contributed by atoms with E-state index in [0.717, 1.165) is 11.8 Å². The number of carboxylic acids is 1. The molecule has 2 aliphatic heterocycles. The highest BCUT2D eigenvalue weighted by Gasteiger charge is 2.63. The van der Waals surface area contributed by atoms with Gasteiger partial charge in [0.15, 0.2) is 4.75 Å². The lowest BCUT2D eigenvalue weighted by Gasteiger charge is -2.42. The Bertz CT molecular complexity index is 439. The van der Waals surface area contributed by atoms with Gasteiger partial charge in [-0.2, -0.15) is 0 Å². The number of ether oxygens (including phenoxy) is 1. The normalized spacial score (nSPS) is 34.5. The number of amides is 1. The minimum absolute atomic E-state index is 0.00694. The van der Waals surface area contributed by atoms with E-state index in [-0.39, 0.29) is 24.4 Å². The Morgan fingerprint density at radius 2 is 2.26 bits per heavy atom. The van der Waals surface area contributed by atoms with Crippen molar-refractivity contribution in [2.75, 3.05) is 13.2 Å². The summed E-state index contributed by atoms with van der Waals surface area (Å²) in [5.41, 5.74) is 0. The number of carbonyl (C=O) groups is 3. The first kappa shape index (κ1) is 14.1. The van der Waals surface area contributed by atoms with Crippen molar-refractivity contribution in [3.05, 3.63) is 0 Å². The molecular weight excluding hydrogens is 274 g/mol. The van der Waals surface area contributed by atoms with E-state index in [0.29, 0.717) is 0 Å². The van der Waals surface area contributed by atoms with E-state index in [9.17, 15) is 24.6 Å². The van der Waals surface area contributed by atoms with Crippen LogP contribution in [0.3, 0.4) is 0 Å². The van der Waals surface area contributed by atoms with Gasteiger partial charge in [0.05, 0.1) is 23.9 Å². The number of hydrogen-bond acceptors (Lipinski definition) is 6. The summed E-state index contributed by atoms with van der Waals surface area (Å²) in [7, 11) is 0. The Kier molecular flexibility index (Phi) is 3.48. The molecule has 2 fully saturated rings. The molecule has 0 spiro atoms. The minimum Gasteiger partial charge on any atom is -0.480 e. The van der Waals surface area contributed by atoms with Crippen LogP contribution in [0.4, 0.5) is 0 Å². The zero-order valence-corrected chi connectivity index (χ0v) is 11.3. The van der Waals surface area contributed by atoms with Gasteiger partial charge in [0.2, 0.25) is 5.91 Å². The van der Waals surface area contributed by atoms with Crippen molar-refractivity contribution in [2.24, 2.45) is 5.92 Å². The molecular formula is C11H15NO6S. The second kappa shape index (κ2) is 4.68. The number of fused-ring (bicyclic) bond motifs is 1. The van der Waals surface area contributed by atoms with Gasteiger partial charge in [-0.15, -0.1) is 11.8 Å². The molecule has 106 valence electrons. The molecule has 2 N–H and O–H groups in total. The zero-order valence-electron chi connectivity index (χ0n) is 10.5. The fourth-order valence-electron chi connectivity index (χ4n) is 2.32. The molecule has 4 atom stereocenters. The lowest BCUT2D eigenvalue weighted by molar-refractivity contribution is -0.157. The largest absolute Gasteiger partial charge is 0.480 e. The molecule has 19 heavy (non-hydrogen) atoms. The summed E-state index contributed by atoms with van der Waals surface area (Å²) in [5.74, 6) is -2.51. The molecule has 2 saturated heterocycles. The molecule has 0 bridgehead atoms. The van der Waals surface area contributed by atoms with E-state index in [1.807, 2.05) is 0 Å². The average Bonchev–Trinajstić information content (AvgIpc) is 2.62. The molecule has 0 aromatic heterocycles. The molecule has 8 heteroatoms. The molecule has 1 amide bonds. The monoisotopic (exact) mass is 289 g/mol. The van der Waals surface area contributed by atoms with E-state index in [4.69, 9.17) is 4.74 Å². The van der Waals surface area contributed by atoms with E-state index in [2.05, 4.69) is 0 Å². The van der Waals surface area contributed by atoms with E-state index < -0.39 is 28.7 Å². The SMILES string of the molecule is CC(=O)OCC1(C(=O)O)CN2C(=O)C(C(C)O)[C@H]2S1. The Hall–Kier alpha value is -1.28. The number of hydrogen-bond donors (Lipinski definition) is 2. The van der Waals surface area contributed by atoms with Crippen molar-refractivity contribution in [1.29, 1.82) is 0 Å². The fraction of sp³-hybridized carbons (Fsp3) is 0.727. The number of aliphatic hydroxyl groups is 1. The van der Waals surface area contributed by atoms with Crippen LogP contribution in [0.5, 0.6) is 0 Å². The van der Waals surface area contributed by atoms with E-state index in [1.165, 1.54) is 18.7 Å². The minimum atomic E-state index is -1.34. The summed E-state index contributed by atoms with van der Waals surface area (Å²) in [6, 6.07) is 0. The number of nitrogens with zero attached hydrogens (tertiary/aromatic N) is 1. The molecule has 0 aromatic rings. The van der Waals surface area contributed by atoms with Gasteiger partial charge < -0.3 is 19.8 Å². The second-order valence-corrected chi connectivity index (χ2v) is 6.32. The van der Waals surface area contributed by atoms with Crippen LogP contribution in [0.25, 0.3) is 0 Å². The lowest BCUT2D eigenvalue weighted by atomic mass is 9.92. The van der Waals surface area contributed by atoms with Crippen molar-refractivity contribution in [3.8, 4) is 0 Å². The van der Waals surface area contributed by atoms with Gasteiger partial charge in [0, 0.05) is 6.92 Å². The predicted molar refractivity (Wildman–Crippen MR) is 65.3 cm³/mol. The molecule has 0 radical (unpaired) electrons. The fourth-order valence-corrected chi connectivity index (χ4v) is 4.02. The number of carbonyl (C=O) groups excluding carboxylic acids is 2. The van der Waals surface area contributed by atoms with Crippen LogP contribution in [0, 0.1) is 5.92 Å². The van der Waals surface area contributed by atoms with Crippen molar-refractivity contribution < 1.29 is 29.3 Å². The standard InChI is InChI=1S/C11H15NO6S/c1-5(13)7-8(15)12-3-11(10(16)17,19-9(7)12)4-18-6(2)14/h5,7,9,13H,3-4H2,1-2H3,(H,16,17)/t5?,7?,9-,11?/m1/s1. The summed E-state index contributed by atoms with van der Waals surface area (Å²) in [4.78, 5) is 35.5. The van der Waals surface area contributed by atoms with Crippen LogP contribution in [0.1, 0.15) is 13.8 Å². The highest BCUT2D eigenvalue weighted by atomic mass is 32.2. The molecule has 0 aliphatic carbocycles. The quantitative estimate of drug-likeness (QED) is 0.520. The zero-order chi connectivity index (χ0) is 14.4. The van der Waals surface area contributed by atoms with Gasteiger partial charge in [-0.1, -0.05) is 0 Å². The first-order valence-electron chi connectivity index (χ1n) is 5.81. The van der Waals surface area contributed by atoms with Crippen molar-refractivity contribution in [3.63, 3.8) is 0 Å². The number of aliphatic hydroxyl groups excluding tert-OH is 1. The first-order valence-corrected chi connectivity index (χ1v) is 6.69. The molecule has 2 aliphatic rings. The van der Waals surface area contributed by atoms with Gasteiger partial charge in [-0.3, -0.25) is 14.4 Å². The van der Waals surface area contributed by atoms with Gasteiger partial charge in [-0.25, -0.2) is 0 Å². The van der Waals surface area contributed by atoms with Gasteiger partial charge in [0.25, 0.3) is 0 Å². The maximum atomic E-state index is 11.8. The van der Waals surface area contributed by atoms with Crippen LogP contribution < -0.4 is 0 Å². The molecule has 7 nitrogen and oxygen atoms in total. The number of rotatable bonds is 4. The van der Waals surface area contributed by atoms with Crippen LogP contribution in [0.2, 0.25) is 0 Å². The highest BCUT2D eigenvalue weighted by molar-refractivity contribution is 8.02. The molecule has 0 aromatic carbocycles. The Balaban J connectivity index is 2.15. The maximum absolute atomic E-state index is 11.8. The molecule has 3 unspecified atom stereocenters. The summed E-state index contributed by atoms with van der Waals surface area (Å²) in [6.45, 7) is 2.42. The summed E-state index contributed by atoms with van der Waals surface area (Å²) in [5, 5.41) is 18.5. The van der Waals surface area contributed by atoms with Gasteiger partial charge >= 0.3 is 11.9 Å². The van der Waals surface area contributed by atoms with Crippen molar-refractivity contribution in [2.45, 2.75) is 30.1 Å². The summed E-state index contributed by atoms with van der Waals surface area (Å²) >= 11 is 1.07. The number of β-lactam (4-membered cyclic amide) rings is 1. The third kappa shape index (κ3) is 2.18. The Morgan fingerprint density at radius 1 is 1.63 bits per heavy atom. The third-order valence-electron chi connectivity index (χ3n) is 3.37. The summed E-state index contributed by atoms with van der Waals surface area (Å²) in [6.07, 6.45) is -0.820. The predicted octanol–water partition coefficient (Wildman–Crippen LogP) is -0.715. The summed E-state index contributed by atoms with van der Waals surface area (Å²) < 4.78 is 3.47. The van der Waals surface area contributed by atoms with E-state index in [1.54, 1.807) is 0 Å². The van der Waals surface area contributed by atoms with Crippen LogP contribution in [0.15, 0.2) is 0 Å². The molecule has 0 saturated carbocycles.